The summed E-state index contributed by atoms with van der Waals surface area (Å²) in [5.41, 5.74) is 1.85. The number of hydrogen-bond donors (Lipinski definition) is 1. The van der Waals surface area contributed by atoms with Gasteiger partial charge in [-0.25, -0.2) is 0 Å². The maximum Gasteiger partial charge on any atom is 0.417 e. The third kappa shape index (κ3) is 5.41. The molecule has 4 aromatic rings. The van der Waals surface area contributed by atoms with E-state index in [0.717, 1.165) is 72.0 Å². The fourth-order valence-corrected chi connectivity index (χ4v) is 6.09. The molecule has 2 aromatic heterocycles. The molecule has 10 heteroatoms. The Morgan fingerprint density at radius 2 is 1.69 bits per heavy atom. The van der Waals surface area contributed by atoms with Crippen LogP contribution in [0, 0.1) is 0 Å². The smallest absolute Gasteiger partial charge is 0.371 e. The van der Waals surface area contributed by atoms with E-state index in [0.29, 0.717) is 18.4 Å². The number of anilines is 1. The highest BCUT2D eigenvalue weighted by Gasteiger charge is 2.36. The number of benzene rings is 2. The number of amides is 2. The summed E-state index contributed by atoms with van der Waals surface area (Å²) in [6, 6.07) is 14.2. The van der Waals surface area contributed by atoms with E-state index >= 15 is 0 Å². The molecule has 1 aliphatic heterocycles. The van der Waals surface area contributed by atoms with Gasteiger partial charge in [0.15, 0.2) is 0 Å². The number of carbonyl (C=O) groups excluding carboxylic acids is 2. The Bertz CT molecular complexity index is 1650. The summed E-state index contributed by atoms with van der Waals surface area (Å²) in [4.78, 5) is 38.4. The molecule has 0 radical (unpaired) electrons. The molecule has 2 amide bonds. The van der Waals surface area contributed by atoms with E-state index in [9.17, 15) is 22.8 Å². The monoisotopic (exact) mass is 573 g/mol. The van der Waals surface area contributed by atoms with Gasteiger partial charge in [0.1, 0.15) is 0 Å². The zero-order chi connectivity index (χ0) is 29.4. The van der Waals surface area contributed by atoms with Crippen molar-refractivity contribution < 1.29 is 22.8 Å². The van der Waals surface area contributed by atoms with E-state index in [1.165, 1.54) is 0 Å². The second-order valence-electron chi connectivity index (χ2n) is 10.9. The van der Waals surface area contributed by atoms with Gasteiger partial charge in [0, 0.05) is 67.6 Å². The van der Waals surface area contributed by atoms with Gasteiger partial charge in [0.05, 0.1) is 17.2 Å². The van der Waals surface area contributed by atoms with Crippen LogP contribution >= 0.6 is 0 Å². The fourth-order valence-electron chi connectivity index (χ4n) is 6.09. The van der Waals surface area contributed by atoms with Gasteiger partial charge in [-0.15, -0.1) is 0 Å². The average Bonchev–Trinajstić information content (AvgIpc) is 3.41. The zero-order valence-corrected chi connectivity index (χ0v) is 23.1. The van der Waals surface area contributed by atoms with Crippen molar-refractivity contribution in [2.75, 3.05) is 25.0 Å². The minimum Gasteiger partial charge on any atom is -0.371 e. The van der Waals surface area contributed by atoms with Crippen LogP contribution in [0.5, 0.6) is 0 Å². The summed E-state index contributed by atoms with van der Waals surface area (Å²) in [5.74, 6) is -0.949. The summed E-state index contributed by atoms with van der Waals surface area (Å²) in [7, 11) is 1.82. The van der Waals surface area contributed by atoms with Crippen LogP contribution in [0.25, 0.3) is 10.8 Å². The van der Waals surface area contributed by atoms with Gasteiger partial charge in [-0.1, -0.05) is 12.1 Å². The van der Waals surface area contributed by atoms with Crippen molar-refractivity contribution in [3.05, 3.63) is 101 Å². The number of halogens is 3. The summed E-state index contributed by atoms with van der Waals surface area (Å²) >= 11 is 0. The molecule has 1 N–H and O–H groups in total. The number of carbonyl (C=O) groups is 2. The molecule has 1 atom stereocenters. The Hall–Kier alpha value is -4.47. The van der Waals surface area contributed by atoms with E-state index in [4.69, 9.17) is 0 Å². The maximum absolute atomic E-state index is 13.5. The number of alkyl halides is 3. The highest BCUT2D eigenvalue weighted by Crippen LogP contribution is 2.35. The molecule has 2 aliphatic rings. The number of rotatable bonds is 5. The number of nitrogens with zero attached hydrogens (tertiary/aromatic N) is 4. The first-order valence-electron chi connectivity index (χ1n) is 14.0. The standard InChI is InChI=1S/C32H30F3N5O2/c1-39(24-10-14-40(15-11-24)25-6-4-23-18-36-12-8-21(23)16-25)31(42)22-3-2-20-5-7-29(26(20)17-22)38-30(41)27-19-37-13-9-28(27)32(33,34)35/h2-4,6,8-9,12-13,16-19,24,29H,5,7,10-11,14-15H2,1H3,(H,38,41). The third-order valence-corrected chi connectivity index (χ3v) is 8.47. The van der Waals surface area contributed by atoms with Crippen LogP contribution in [0.4, 0.5) is 18.9 Å². The van der Waals surface area contributed by atoms with Crippen LogP contribution in [0.15, 0.2) is 73.3 Å². The van der Waals surface area contributed by atoms with Gasteiger partial charge in [0.2, 0.25) is 0 Å². The van der Waals surface area contributed by atoms with Gasteiger partial charge in [0.25, 0.3) is 11.8 Å². The molecule has 0 spiro atoms. The van der Waals surface area contributed by atoms with Gasteiger partial charge in [-0.05, 0) is 78.6 Å². The number of hydrogen-bond acceptors (Lipinski definition) is 5. The van der Waals surface area contributed by atoms with Crippen LogP contribution in [0.3, 0.4) is 0 Å². The van der Waals surface area contributed by atoms with E-state index in [1.807, 2.05) is 25.4 Å². The quantitative estimate of drug-likeness (QED) is 0.326. The molecular formula is C32H30F3N5O2. The van der Waals surface area contributed by atoms with Crippen LogP contribution < -0.4 is 10.2 Å². The highest BCUT2D eigenvalue weighted by atomic mass is 19.4. The Morgan fingerprint density at radius 3 is 2.48 bits per heavy atom. The predicted molar refractivity (Wildman–Crippen MR) is 153 cm³/mol. The lowest BCUT2D eigenvalue weighted by Gasteiger charge is -2.38. The topological polar surface area (TPSA) is 78.4 Å². The van der Waals surface area contributed by atoms with E-state index in [-0.39, 0.29) is 11.9 Å². The molecule has 0 saturated carbocycles. The van der Waals surface area contributed by atoms with Crippen LogP contribution in [-0.2, 0) is 12.6 Å². The Kier molecular flexibility index (Phi) is 7.30. The molecular weight excluding hydrogens is 543 g/mol. The minimum atomic E-state index is -4.67. The van der Waals surface area contributed by atoms with Crippen LogP contribution in [-0.4, -0.2) is 52.9 Å². The fraction of sp³-hybridized carbons (Fsp3) is 0.312. The normalized spacial score (nSPS) is 17.2. The number of aromatic nitrogens is 2. The number of aryl methyl sites for hydroxylation is 1. The Labute approximate surface area is 241 Å². The molecule has 1 saturated heterocycles. The largest absolute Gasteiger partial charge is 0.417 e. The van der Waals surface area contributed by atoms with E-state index in [1.54, 1.807) is 23.2 Å². The molecule has 2 aromatic carbocycles. The summed E-state index contributed by atoms with van der Waals surface area (Å²) in [5, 5.41) is 4.98. The van der Waals surface area contributed by atoms with E-state index in [2.05, 4.69) is 38.4 Å². The molecule has 1 aliphatic carbocycles. The summed E-state index contributed by atoms with van der Waals surface area (Å²) < 4.78 is 40.3. The highest BCUT2D eigenvalue weighted by molar-refractivity contribution is 5.96. The lowest BCUT2D eigenvalue weighted by Crippen LogP contribution is -2.45. The maximum atomic E-state index is 13.5. The van der Waals surface area contributed by atoms with Gasteiger partial charge < -0.3 is 15.1 Å². The van der Waals surface area contributed by atoms with E-state index < -0.39 is 29.3 Å². The lowest BCUT2D eigenvalue weighted by atomic mass is 9.99. The number of nitrogens with one attached hydrogen (secondary N) is 1. The molecule has 7 nitrogen and oxygen atoms in total. The Balaban J connectivity index is 1.12. The second kappa shape index (κ2) is 11.1. The molecule has 0 bridgehead atoms. The third-order valence-electron chi connectivity index (χ3n) is 8.47. The van der Waals surface area contributed by atoms with Crippen molar-refractivity contribution in [1.29, 1.82) is 0 Å². The molecule has 42 heavy (non-hydrogen) atoms. The first-order chi connectivity index (χ1) is 20.2. The van der Waals surface area contributed by atoms with Gasteiger partial charge >= 0.3 is 6.18 Å². The van der Waals surface area contributed by atoms with Crippen molar-refractivity contribution in [3.63, 3.8) is 0 Å². The van der Waals surface area contributed by atoms with Gasteiger partial charge in [-0.2, -0.15) is 13.2 Å². The predicted octanol–water partition coefficient (Wildman–Crippen LogP) is 5.81. The molecule has 216 valence electrons. The summed E-state index contributed by atoms with van der Waals surface area (Å²) in [6.45, 7) is 1.65. The van der Waals surface area contributed by atoms with Crippen molar-refractivity contribution in [2.24, 2.45) is 0 Å². The average molecular weight is 574 g/mol. The molecule has 6 rings (SSSR count). The number of piperidine rings is 1. The SMILES string of the molecule is CN(C(=O)c1ccc2c(c1)C(NC(=O)c1cnccc1C(F)(F)F)CC2)C1CCN(c2ccc3cnccc3c2)CC1. The number of pyridine rings is 2. The van der Waals surface area contributed by atoms with Crippen molar-refractivity contribution >= 4 is 28.3 Å². The minimum absolute atomic E-state index is 0.0773. The first-order valence-corrected chi connectivity index (χ1v) is 14.0. The van der Waals surface area contributed by atoms with Crippen molar-refractivity contribution in [3.8, 4) is 0 Å². The summed E-state index contributed by atoms with van der Waals surface area (Å²) in [6.07, 6.45) is 3.78. The van der Waals surface area contributed by atoms with Crippen LogP contribution in [0.2, 0.25) is 0 Å². The first kappa shape index (κ1) is 27.7. The molecule has 3 heterocycles. The van der Waals surface area contributed by atoms with Crippen LogP contribution in [0.1, 0.15) is 62.7 Å². The molecule has 1 fully saturated rings. The lowest BCUT2D eigenvalue weighted by molar-refractivity contribution is -0.138. The van der Waals surface area contributed by atoms with Gasteiger partial charge in [-0.3, -0.25) is 19.6 Å². The molecule has 1 unspecified atom stereocenters. The number of fused-ring (bicyclic) bond motifs is 2. The Morgan fingerprint density at radius 1 is 0.929 bits per heavy atom. The second-order valence-corrected chi connectivity index (χ2v) is 10.9. The zero-order valence-electron chi connectivity index (χ0n) is 23.1. The van der Waals surface area contributed by atoms with Crippen molar-refractivity contribution in [1.82, 2.24) is 20.2 Å². The van der Waals surface area contributed by atoms with Crippen molar-refractivity contribution in [2.45, 2.75) is 43.9 Å².